The average Bonchev–Trinajstić information content (AvgIpc) is 2.37. The van der Waals surface area contributed by atoms with Crippen LogP contribution >= 0.6 is 46.4 Å². The zero-order valence-corrected chi connectivity index (χ0v) is 12.1. The molecule has 0 aliphatic rings. The number of rotatable bonds is 2. The summed E-state index contributed by atoms with van der Waals surface area (Å²) in [6, 6.07) is 8.64. The molecular formula is C13H8Cl4O. The molecule has 18 heavy (non-hydrogen) atoms. The maximum absolute atomic E-state index is 9.14. The van der Waals surface area contributed by atoms with Crippen LogP contribution in [-0.4, -0.2) is 5.11 Å². The van der Waals surface area contributed by atoms with Gasteiger partial charge in [-0.2, -0.15) is 0 Å². The fourth-order valence-corrected chi connectivity index (χ4v) is 2.47. The van der Waals surface area contributed by atoms with Crippen molar-refractivity contribution in [3.63, 3.8) is 0 Å². The predicted molar refractivity (Wildman–Crippen MR) is 77.8 cm³/mol. The van der Waals surface area contributed by atoms with E-state index in [0.29, 0.717) is 31.2 Å². The van der Waals surface area contributed by atoms with Gasteiger partial charge in [-0.3, -0.25) is 0 Å². The first-order valence-electron chi connectivity index (χ1n) is 5.07. The normalized spacial score (nSPS) is 10.7. The van der Waals surface area contributed by atoms with Crippen LogP contribution in [0.5, 0.6) is 0 Å². The lowest BCUT2D eigenvalue weighted by atomic mass is 10.0. The first kappa shape index (κ1) is 14.0. The minimum Gasteiger partial charge on any atom is -0.392 e. The summed E-state index contributed by atoms with van der Waals surface area (Å²) in [5.74, 6) is 0. The molecule has 0 aliphatic carbocycles. The van der Waals surface area contributed by atoms with E-state index in [1.165, 1.54) is 0 Å². The number of halogens is 4. The maximum atomic E-state index is 9.14. The highest BCUT2D eigenvalue weighted by molar-refractivity contribution is 6.49. The molecule has 0 saturated heterocycles. The fraction of sp³-hybridized carbons (Fsp3) is 0.0769. The first-order valence-corrected chi connectivity index (χ1v) is 6.59. The Morgan fingerprint density at radius 3 is 2.11 bits per heavy atom. The molecule has 0 heterocycles. The van der Waals surface area contributed by atoms with Crippen LogP contribution in [0.3, 0.4) is 0 Å². The molecule has 0 aliphatic heterocycles. The van der Waals surface area contributed by atoms with E-state index < -0.39 is 0 Å². The number of benzene rings is 2. The second kappa shape index (κ2) is 5.68. The summed E-state index contributed by atoms with van der Waals surface area (Å²) in [5, 5.41) is 10.7. The lowest BCUT2D eigenvalue weighted by Gasteiger charge is -2.10. The monoisotopic (exact) mass is 320 g/mol. The van der Waals surface area contributed by atoms with Crippen molar-refractivity contribution in [2.75, 3.05) is 0 Å². The molecule has 0 amide bonds. The third-order valence-electron chi connectivity index (χ3n) is 2.54. The van der Waals surface area contributed by atoms with E-state index in [-0.39, 0.29) is 6.61 Å². The zero-order chi connectivity index (χ0) is 13.3. The van der Waals surface area contributed by atoms with Crippen LogP contribution in [0.25, 0.3) is 11.1 Å². The van der Waals surface area contributed by atoms with E-state index in [2.05, 4.69) is 0 Å². The summed E-state index contributed by atoms with van der Waals surface area (Å²) < 4.78 is 0. The fourth-order valence-electron chi connectivity index (χ4n) is 1.61. The maximum Gasteiger partial charge on any atom is 0.0784 e. The molecule has 0 spiro atoms. The minimum absolute atomic E-state index is 0.0664. The molecule has 0 fully saturated rings. The highest BCUT2D eigenvalue weighted by atomic mass is 35.5. The van der Waals surface area contributed by atoms with Crippen LogP contribution in [-0.2, 0) is 6.61 Å². The van der Waals surface area contributed by atoms with Gasteiger partial charge in [-0.25, -0.2) is 0 Å². The van der Waals surface area contributed by atoms with Gasteiger partial charge in [-0.05, 0) is 23.8 Å². The minimum atomic E-state index is -0.0664. The Morgan fingerprint density at radius 2 is 1.44 bits per heavy atom. The molecule has 2 rings (SSSR count). The summed E-state index contributed by atoms with van der Waals surface area (Å²) in [4.78, 5) is 0. The first-order chi connectivity index (χ1) is 8.54. The van der Waals surface area contributed by atoms with Crippen LogP contribution in [0.1, 0.15) is 5.56 Å². The van der Waals surface area contributed by atoms with Crippen LogP contribution in [0, 0.1) is 0 Å². The second-order valence-corrected chi connectivity index (χ2v) is 5.27. The van der Waals surface area contributed by atoms with Gasteiger partial charge in [0, 0.05) is 16.1 Å². The molecular weight excluding hydrogens is 314 g/mol. The van der Waals surface area contributed by atoms with E-state index >= 15 is 0 Å². The Bertz CT molecular complexity index is 596. The molecule has 0 bridgehead atoms. The van der Waals surface area contributed by atoms with Crippen molar-refractivity contribution in [1.82, 2.24) is 0 Å². The number of hydrogen-bond acceptors (Lipinski definition) is 1. The zero-order valence-electron chi connectivity index (χ0n) is 9.05. The predicted octanol–water partition coefficient (Wildman–Crippen LogP) is 5.46. The number of aliphatic hydroxyl groups excluding tert-OH is 1. The van der Waals surface area contributed by atoms with Crippen LogP contribution < -0.4 is 0 Å². The van der Waals surface area contributed by atoms with Crippen molar-refractivity contribution in [2.45, 2.75) is 6.61 Å². The molecule has 5 heteroatoms. The van der Waals surface area contributed by atoms with E-state index in [4.69, 9.17) is 51.5 Å². The van der Waals surface area contributed by atoms with Gasteiger partial charge in [0.1, 0.15) is 0 Å². The second-order valence-electron chi connectivity index (χ2n) is 3.70. The quantitative estimate of drug-likeness (QED) is 0.728. The number of hydrogen-bond donors (Lipinski definition) is 1. The van der Waals surface area contributed by atoms with Crippen LogP contribution in [0.4, 0.5) is 0 Å². The Hall–Kier alpha value is -0.440. The van der Waals surface area contributed by atoms with E-state index in [1.807, 2.05) is 0 Å². The van der Waals surface area contributed by atoms with Crippen LogP contribution in [0.15, 0.2) is 30.3 Å². The van der Waals surface area contributed by atoms with Gasteiger partial charge < -0.3 is 5.11 Å². The van der Waals surface area contributed by atoms with Crippen molar-refractivity contribution >= 4 is 46.4 Å². The Kier molecular flexibility index (Phi) is 4.41. The molecule has 2 aromatic carbocycles. The third kappa shape index (κ3) is 2.61. The summed E-state index contributed by atoms with van der Waals surface area (Å²) in [6.45, 7) is -0.0664. The molecule has 1 nitrogen and oxygen atoms in total. The lowest BCUT2D eigenvalue weighted by Crippen LogP contribution is -1.88. The van der Waals surface area contributed by atoms with Gasteiger partial charge in [-0.1, -0.05) is 58.5 Å². The lowest BCUT2D eigenvalue weighted by molar-refractivity contribution is 0.282. The summed E-state index contributed by atoms with van der Waals surface area (Å²) in [6.07, 6.45) is 0. The molecule has 0 saturated carbocycles. The van der Waals surface area contributed by atoms with Crippen LogP contribution in [0.2, 0.25) is 20.1 Å². The van der Waals surface area contributed by atoms with E-state index in [0.717, 1.165) is 5.56 Å². The molecule has 2 aromatic rings. The summed E-state index contributed by atoms with van der Waals surface area (Å²) in [7, 11) is 0. The molecule has 0 atom stereocenters. The van der Waals surface area contributed by atoms with Crippen molar-refractivity contribution in [2.24, 2.45) is 0 Å². The Morgan fingerprint density at radius 1 is 0.778 bits per heavy atom. The van der Waals surface area contributed by atoms with Gasteiger partial charge in [0.15, 0.2) is 0 Å². The average molecular weight is 322 g/mol. The van der Waals surface area contributed by atoms with Gasteiger partial charge in [-0.15, -0.1) is 0 Å². The van der Waals surface area contributed by atoms with E-state index in [1.54, 1.807) is 30.3 Å². The number of aliphatic hydroxyl groups is 1. The molecule has 0 unspecified atom stereocenters. The van der Waals surface area contributed by atoms with Gasteiger partial charge in [0.25, 0.3) is 0 Å². The highest BCUT2D eigenvalue weighted by Gasteiger charge is 2.13. The SMILES string of the molecule is OCc1ccc(Cl)c(-c2ccc(Cl)c(Cl)c2Cl)c1. The van der Waals surface area contributed by atoms with Crippen molar-refractivity contribution in [3.05, 3.63) is 56.0 Å². The van der Waals surface area contributed by atoms with Crippen molar-refractivity contribution in [1.29, 1.82) is 0 Å². The topological polar surface area (TPSA) is 20.2 Å². The van der Waals surface area contributed by atoms with Gasteiger partial charge >= 0.3 is 0 Å². The summed E-state index contributed by atoms with van der Waals surface area (Å²) >= 11 is 24.2. The van der Waals surface area contributed by atoms with Crippen molar-refractivity contribution in [3.8, 4) is 11.1 Å². The van der Waals surface area contributed by atoms with Gasteiger partial charge in [0.05, 0.1) is 21.7 Å². The molecule has 1 N–H and O–H groups in total. The Labute approximate surface area is 125 Å². The molecule has 0 aromatic heterocycles. The van der Waals surface area contributed by atoms with Crippen molar-refractivity contribution < 1.29 is 5.11 Å². The third-order valence-corrected chi connectivity index (χ3v) is 4.16. The smallest absolute Gasteiger partial charge is 0.0784 e. The Balaban J connectivity index is 2.65. The summed E-state index contributed by atoms with van der Waals surface area (Å²) in [5.41, 5.74) is 2.15. The molecule has 0 radical (unpaired) electrons. The van der Waals surface area contributed by atoms with E-state index in [9.17, 15) is 0 Å². The largest absolute Gasteiger partial charge is 0.392 e. The van der Waals surface area contributed by atoms with Gasteiger partial charge in [0.2, 0.25) is 0 Å². The highest BCUT2D eigenvalue weighted by Crippen LogP contribution is 2.40. The molecule has 94 valence electrons. The standard InChI is InChI=1S/C13H8Cl4O/c14-10-3-1-7(6-18)5-9(10)8-2-4-11(15)13(17)12(8)16/h1-5,18H,6H2.